The smallest absolute Gasteiger partial charge is 0.220 e. The molecule has 15 heavy (non-hydrogen) atoms. The van der Waals surface area contributed by atoms with Crippen molar-refractivity contribution in [2.24, 2.45) is 5.73 Å². The zero-order valence-corrected chi connectivity index (χ0v) is 9.94. The molecule has 0 spiro atoms. The van der Waals surface area contributed by atoms with Gasteiger partial charge in [-0.1, -0.05) is 12.3 Å². The summed E-state index contributed by atoms with van der Waals surface area (Å²) in [4.78, 5) is 11.2. The molecule has 0 unspecified atom stereocenters. The van der Waals surface area contributed by atoms with Crippen LogP contribution in [0.25, 0.3) is 0 Å². The molecule has 0 aromatic carbocycles. The summed E-state index contributed by atoms with van der Waals surface area (Å²) in [6, 6.07) is 0. The molecule has 0 heterocycles. The number of nitrogens with two attached hydrogens (primary N) is 1. The zero-order valence-electron chi connectivity index (χ0n) is 9.13. The molecule has 3 nitrogen and oxygen atoms in total. The highest BCUT2D eigenvalue weighted by atomic mass is 32.2. The minimum atomic E-state index is 0.133. The van der Waals surface area contributed by atoms with E-state index in [2.05, 4.69) is 11.2 Å². The lowest BCUT2D eigenvalue weighted by atomic mass is 10.2. The number of amides is 1. The van der Waals surface area contributed by atoms with Gasteiger partial charge in [-0.25, -0.2) is 0 Å². The molecule has 1 amide bonds. The second kappa shape index (κ2) is 11.4. The minimum absolute atomic E-state index is 0.133. The number of unbranched alkanes of at least 4 members (excludes halogenated alkanes) is 2. The number of rotatable bonds is 9. The Balaban J connectivity index is 3.16. The summed E-state index contributed by atoms with van der Waals surface area (Å²) in [7, 11) is 0. The van der Waals surface area contributed by atoms with E-state index in [1.165, 1.54) is 0 Å². The monoisotopic (exact) mass is 228 g/mol. The van der Waals surface area contributed by atoms with E-state index in [1.54, 1.807) is 11.8 Å². The third-order valence-corrected chi connectivity index (χ3v) is 2.73. The van der Waals surface area contributed by atoms with Crippen LogP contribution < -0.4 is 11.1 Å². The molecule has 0 atom stereocenters. The zero-order chi connectivity index (χ0) is 11.4. The molecule has 0 aliphatic rings. The fraction of sp³-hybridized carbons (Fsp3) is 0.727. The van der Waals surface area contributed by atoms with Crippen LogP contribution in [0.2, 0.25) is 0 Å². The van der Waals surface area contributed by atoms with Gasteiger partial charge in [0.2, 0.25) is 5.91 Å². The van der Waals surface area contributed by atoms with E-state index in [0.717, 1.165) is 25.0 Å². The highest BCUT2D eigenvalue weighted by molar-refractivity contribution is 7.99. The minimum Gasteiger partial charge on any atom is -0.355 e. The van der Waals surface area contributed by atoms with E-state index in [4.69, 9.17) is 12.2 Å². The van der Waals surface area contributed by atoms with Crippen LogP contribution in [0.3, 0.4) is 0 Å². The molecule has 86 valence electrons. The molecule has 0 radical (unpaired) electrons. The summed E-state index contributed by atoms with van der Waals surface area (Å²) in [5.74, 6) is 4.28. The maximum Gasteiger partial charge on any atom is 0.220 e. The fourth-order valence-corrected chi connectivity index (χ4v) is 1.60. The van der Waals surface area contributed by atoms with Crippen molar-refractivity contribution in [3.63, 3.8) is 0 Å². The van der Waals surface area contributed by atoms with Gasteiger partial charge in [0.25, 0.3) is 0 Å². The van der Waals surface area contributed by atoms with E-state index in [-0.39, 0.29) is 5.91 Å². The Morgan fingerprint density at radius 3 is 2.87 bits per heavy atom. The van der Waals surface area contributed by atoms with Crippen molar-refractivity contribution in [3.05, 3.63) is 0 Å². The van der Waals surface area contributed by atoms with Crippen molar-refractivity contribution in [1.29, 1.82) is 0 Å². The number of hydrogen-bond acceptors (Lipinski definition) is 3. The molecular weight excluding hydrogens is 208 g/mol. The summed E-state index contributed by atoms with van der Waals surface area (Å²) >= 11 is 1.66. The van der Waals surface area contributed by atoms with Gasteiger partial charge in [0, 0.05) is 18.7 Å². The van der Waals surface area contributed by atoms with Crippen LogP contribution in [0.15, 0.2) is 0 Å². The quantitative estimate of drug-likeness (QED) is 0.457. The van der Waals surface area contributed by atoms with E-state index in [1.807, 2.05) is 0 Å². The van der Waals surface area contributed by atoms with Crippen LogP contribution in [0, 0.1) is 12.3 Å². The Bertz CT molecular complexity index is 201. The average Bonchev–Trinajstić information content (AvgIpc) is 2.24. The molecule has 0 rings (SSSR count). The number of thioether (sulfide) groups is 1. The molecule has 0 bridgehead atoms. The van der Waals surface area contributed by atoms with Crippen molar-refractivity contribution in [2.45, 2.75) is 25.7 Å². The lowest BCUT2D eigenvalue weighted by Crippen LogP contribution is -2.25. The van der Waals surface area contributed by atoms with Crippen LogP contribution >= 0.6 is 11.8 Å². The van der Waals surface area contributed by atoms with Crippen LogP contribution in [0.1, 0.15) is 25.7 Å². The molecular formula is C11H20N2OS. The molecule has 0 aromatic heterocycles. The lowest BCUT2D eigenvalue weighted by Gasteiger charge is -2.03. The fourth-order valence-electron chi connectivity index (χ4n) is 1.09. The maximum absolute atomic E-state index is 11.2. The number of nitrogens with one attached hydrogen (secondary N) is 1. The van der Waals surface area contributed by atoms with Gasteiger partial charge < -0.3 is 11.1 Å². The van der Waals surface area contributed by atoms with Gasteiger partial charge in [-0.2, -0.15) is 0 Å². The van der Waals surface area contributed by atoms with E-state index in [0.29, 0.717) is 25.3 Å². The molecule has 4 heteroatoms. The summed E-state index contributed by atoms with van der Waals surface area (Å²) < 4.78 is 0. The van der Waals surface area contributed by atoms with E-state index in [9.17, 15) is 4.79 Å². The first kappa shape index (κ1) is 14.3. The Kier molecular flexibility index (Phi) is 10.9. The topological polar surface area (TPSA) is 55.1 Å². The van der Waals surface area contributed by atoms with E-state index < -0.39 is 0 Å². The van der Waals surface area contributed by atoms with Gasteiger partial charge in [-0.05, 0) is 19.4 Å². The molecule has 0 aliphatic carbocycles. The van der Waals surface area contributed by atoms with E-state index >= 15 is 0 Å². The standard InChI is InChI=1S/C11H20N2OS/c1-2-9-15-10-8-13-11(14)6-4-3-5-7-12/h1H,3-10,12H2,(H,13,14). The predicted octanol–water partition coefficient (Wildman–Crippen LogP) is 0.988. The third-order valence-electron chi connectivity index (χ3n) is 1.86. The predicted molar refractivity (Wildman–Crippen MR) is 66.7 cm³/mol. The number of carbonyl (C=O) groups is 1. The summed E-state index contributed by atoms with van der Waals surface area (Å²) in [5, 5.41) is 2.86. The molecule has 0 saturated heterocycles. The number of hydrogen-bond donors (Lipinski definition) is 2. The highest BCUT2D eigenvalue weighted by Gasteiger charge is 1.99. The number of terminal acetylenes is 1. The van der Waals surface area contributed by atoms with Crippen LogP contribution in [-0.2, 0) is 4.79 Å². The highest BCUT2D eigenvalue weighted by Crippen LogP contribution is 1.99. The van der Waals surface area contributed by atoms with Gasteiger partial charge in [-0.3, -0.25) is 4.79 Å². The van der Waals surface area contributed by atoms with Crippen LogP contribution in [0.5, 0.6) is 0 Å². The van der Waals surface area contributed by atoms with Crippen molar-refractivity contribution < 1.29 is 4.79 Å². The number of carbonyl (C=O) groups excluding carboxylic acids is 1. The Morgan fingerprint density at radius 2 is 2.20 bits per heavy atom. The molecule has 3 N–H and O–H groups in total. The second-order valence-corrected chi connectivity index (χ2v) is 4.31. The SMILES string of the molecule is C#CCSCCNC(=O)CCCCCN. The van der Waals surface area contributed by atoms with Crippen molar-refractivity contribution in [1.82, 2.24) is 5.32 Å². The molecule has 0 aliphatic heterocycles. The Hall–Kier alpha value is -0.660. The van der Waals surface area contributed by atoms with Crippen molar-refractivity contribution in [2.75, 3.05) is 24.6 Å². The Morgan fingerprint density at radius 1 is 1.40 bits per heavy atom. The molecule has 0 fully saturated rings. The normalized spacial score (nSPS) is 9.60. The van der Waals surface area contributed by atoms with Crippen LogP contribution in [0.4, 0.5) is 0 Å². The first-order valence-corrected chi connectivity index (χ1v) is 6.44. The summed E-state index contributed by atoms with van der Waals surface area (Å²) in [6.45, 7) is 1.42. The van der Waals surface area contributed by atoms with Gasteiger partial charge in [0.1, 0.15) is 0 Å². The van der Waals surface area contributed by atoms with Crippen LogP contribution in [-0.4, -0.2) is 30.5 Å². The average molecular weight is 228 g/mol. The van der Waals surface area contributed by atoms with Gasteiger partial charge in [0.05, 0.1) is 5.75 Å². The second-order valence-electron chi connectivity index (χ2n) is 3.21. The third kappa shape index (κ3) is 11.3. The Labute approximate surface area is 96.6 Å². The van der Waals surface area contributed by atoms with Crippen molar-refractivity contribution in [3.8, 4) is 12.3 Å². The first-order chi connectivity index (χ1) is 7.31. The lowest BCUT2D eigenvalue weighted by molar-refractivity contribution is -0.121. The van der Waals surface area contributed by atoms with Gasteiger partial charge in [0.15, 0.2) is 0 Å². The summed E-state index contributed by atoms with van der Waals surface area (Å²) in [6.07, 6.45) is 8.68. The summed E-state index contributed by atoms with van der Waals surface area (Å²) in [5.41, 5.74) is 5.35. The van der Waals surface area contributed by atoms with Gasteiger partial charge in [-0.15, -0.1) is 18.2 Å². The first-order valence-electron chi connectivity index (χ1n) is 5.29. The maximum atomic E-state index is 11.2. The van der Waals surface area contributed by atoms with Gasteiger partial charge >= 0.3 is 0 Å². The molecule has 0 aromatic rings. The van der Waals surface area contributed by atoms with Crippen molar-refractivity contribution >= 4 is 17.7 Å². The molecule has 0 saturated carbocycles. The largest absolute Gasteiger partial charge is 0.355 e.